The maximum Gasteiger partial charge on any atom is 0.150 e. The van der Waals surface area contributed by atoms with Crippen molar-refractivity contribution in [2.24, 2.45) is 0 Å². The first-order valence-corrected chi connectivity index (χ1v) is 5.79. The summed E-state index contributed by atoms with van der Waals surface area (Å²) in [5.41, 5.74) is 3.27. The van der Waals surface area contributed by atoms with Gasteiger partial charge in [-0.25, -0.2) is 0 Å². The first-order valence-electron chi connectivity index (χ1n) is 5.79. The van der Waals surface area contributed by atoms with E-state index < -0.39 is 0 Å². The highest BCUT2D eigenvalue weighted by molar-refractivity contribution is 5.91. The molecule has 0 aliphatic carbocycles. The summed E-state index contributed by atoms with van der Waals surface area (Å²) in [5.74, 6) is 0. The van der Waals surface area contributed by atoms with E-state index in [4.69, 9.17) is 0 Å². The van der Waals surface area contributed by atoms with Crippen molar-refractivity contribution >= 4 is 17.1 Å². The smallest absolute Gasteiger partial charge is 0.150 e. The van der Waals surface area contributed by atoms with Crippen LogP contribution in [-0.2, 0) is 12.8 Å². The first kappa shape index (κ1) is 10.9. The lowest BCUT2D eigenvalue weighted by Crippen LogP contribution is -1.91. The number of aryl methyl sites for hydroxylation is 2. The van der Waals surface area contributed by atoms with Crippen LogP contribution in [0.25, 0.3) is 10.8 Å². The van der Waals surface area contributed by atoms with Crippen molar-refractivity contribution in [1.82, 2.24) is 0 Å². The first-order chi connectivity index (χ1) is 7.78. The van der Waals surface area contributed by atoms with Crippen LogP contribution in [0.5, 0.6) is 0 Å². The molecule has 0 aromatic heterocycles. The van der Waals surface area contributed by atoms with E-state index in [1.807, 2.05) is 6.07 Å². The van der Waals surface area contributed by atoms with Gasteiger partial charge in [-0.2, -0.15) is 0 Å². The predicted octanol–water partition coefficient (Wildman–Crippen LogP) is 3.78. The Morgan fingerprint density at radius 3 is 2.44 bits per heavy atom. The van der Waals surface area contributed by atoms with Crippen LogP contribution in [-0.4, -0.2) is 6.29 Å². The van der Waals surface area contributed by atoms with Gasteiger partial charge in [0.05, 0.1) is 0 Å². The van der Waals surface area contributed by atoms with Gasteiger partial charge in [0.2, 0.25) is 0 Å². The maximum atomic E-state index is 11.0. The van der Waals surface area contributed by atoms with Crippen molar-refractivity contribution in [3.8, 4) is 0 Å². The van der Waals surface area contributed by atoms with Crippen LogP contribution in [0, 0.1) is 0 Å². The van der Waals surface area contributed by atoms with Crippen molar-refractivity contribution in [1.29, 1.82) is 0 Å². The Morgan fingerprint density at radius 1 is 1.00 bits per heavy atom. The summed E-state index contributed by atoms with van der Waals surface area (Å²) >= 11 is 0. The lowest BCUT2D eigenvalue weighted by atomic mass is 9.98. The molecule has 16 heavy (non-hydrogen) atoms. The van der Waals surface area contributed by atoms with Gasteiger partial charge in [0.25, 0.3) is 0 Å². The SMILES string of the molecule is CCc1ccc2cc(CC)c(C=O)cc2c1. The molecular weight excluding hydrogens is 196 g/mol. The van der Waals surface area contributed by atoms with E-state index in [-0.39, 0.29) is 0 Å². The molecule has 0 atom stereocenters. The van der Waals surface area contributed by atoms with Gasteiger partial charge in [0.15, 0.2) is 0 Å². The molecule has 0 N–H and O–H groups in total. The maximum absolute atomic E-state index is 11.0. The Hall–Kier alpha value is -1.63. The molecule has 0 unspecified atom stereocenters. The minimum Gasteiger partial charge on any atom is -0.298 e. The highest BCUT2D eigenvalue weighted by Crippen LogP contribution is 2.21. The van der Waals surface area contributed by atoms with Gasteiger partial charge >= 0.3 is 0 Å². The molecule has 82 valence electrons. The van der Waals surface area contributed by atoms with E-state index >= 15 is 0 Å². The van der Waals surface area contributed by atoms with Gasteiger partial charge in [-0.15, -0.1) is 0 Å². The molecule has 0 aliphatic heterocycles. The highest BCUT2D eigenvalue weighted by atomic mass is 16.1. The van der Waals surface area contributed by atoms with Crippen LogP contribution in [0.4, 0.5) is 0 Å². The van der Waals surface area contributed by atoms with Crippen LogP contribution < -0.4 is 0 Å². The highest BCUT2D eigenvalue weighted by Gasteiger charge is 2.03. The molecule has 1 heteroatoms. The van der Waals surface area contributed by atoms with Crippen molar-refractivity contribution in [2.45, 2.75) is 26.7 Å². The average Bonchev–Trinajstić information content (AvgIpc) is 2.36. The molecule has 0 spiro atoms. The van der Waals surface area contributed by atoms with Gasteiger partial charge in [-0.1, -0.05) is 38.1 Å². The third kappa shape index (κ3) is 1.85. The van der Waals surface area contributed by atoms with Crippen LogP contribution in [0.3, 0.4) is 0 Å². The summed E-state index contributed by atoms with van der Waals surface area (Å²) in [6, 6.07) is 10.6. The summed E-state index contributed by atoms with van der Waals surface area (Å²) in [7, 11) is 0. The molecular formula is C15H16O. The van der Waals surface area contributed by atoms with Gasteiger partial charge in [0, 0.05) is 5.56 Å². The summed E-state index contributed by atoms with van der Waals surface area (Å²) in [4.78, 5) is 11.0. The van der Waals surface area contributed by atoms with Gasteiger partial charge in [-0.05, 0) is 40.8 Å². The molecule has 0 aliphatic rings. The lowest BCUT2D eigenvalue weighted by Gasteiger charge is -2.06. The molecule has 0 saturated heterocycles. The van der Waals surface area contributed by atoms with Crippen LogP contribution in [0.1, 0.15) is 35.3 Å². The molecule has 0 amide bonds. The quantitative estimate of drug-likeness (QED) is 0.708. The van der Waals surface area contributed by atoms with E-state index in [0.29, 0.717) is 0 Å². The number of fused-ring (bicyclic) bond motifs is 1. The number of rotatable bonds is 3. The summed E-state index contributed by atoms with van der Waals surface area (Å²) in [6.07, 6.45) is 2.89. The second-order valence-electron chi connectivity index (χ2n) is 4.06. The number of carbonyl (C=O) groups excluding carboxylic acids is 1. The summed E-state index contributed by atoms with van der Waals surface area (Å²) < 4.78 is 0. The number of aldehydes is 1. The van der Waals surface area contributed by atoms with Gasteiger partial charge < -0.3 is 0 Å². The standard InChI is InChI=1S/C15H16O/c1-3-11-5-6-13-8-12(4-2)15(10-16)9-14(13)7-11/h5-10H,3-4H2,1-2H3. The van der Waals surface area contributed by atoms with Crippen molar-refractivity contribution in [3.05, 3.63) is 47.0 Å². The normalized spacial score (nSPS) is 10.6. The van der Waals surface area contributed by atoms with E-state index in [1.54, 1.807) is 0 Å². The number of hydrogen-bond donors (Lipinski definition) is 0. The summed E-state index contributed by atoms with van der Waals surface area (Å²) in [5, 5.41) is 2.39. The minimum atomic E-state index is 0.822. The second-order valence-corrected chi connectivity index (χ2v) is 4.06. The Balaban J connectivity index is 2.68. The fraction of sp³-hybridized carbons (Fsp3) is 0.267. The number of hydrogen-bond acceptors (Lipinski definition) is 1. The molecule has 2 rings (SSSR count). The van der Waals surface area contributed by atoms with Gasteiger partial charge in [0.1, 0.15) is 6.29 Å². The molecule has 0 fully saturated rings. The lowest BCUT2D eigenvalue weighted by molar-refractivity contribution is 0.112. The number of benzene rings is 2. The Labute approximate surface area is 96.1 Å². The van der Waals surface area contributed by atoms with E-state index in [0.717, 1.165) is 30.3 Å². The van der Waals surface area contributed by atoms with E-state index in [2.05, 4.69) is 38.1 Å². The van der Waals surface area contributed by atoms with E-state index in [9.17, 15) is 4.79 Å². The minimum absolute atomic E-state index is 0.822. The second kappa shape index (κ2) is 4.48. The van der Waals surface area contributed by atoms with Crippen molar-refractivity contribution in [3.63, 3.8) is 0 Å². The zero-order valence-corrected chi connectivity index (χ0v) is 9.79. The molecule has 0 saturated carbocycles. The van der Waals surface area contributed by atoms with E-state index in [1.165, 1.54) is 16.3 Å². The molecule has 0 heterocycles. The average molecular weight is 212 g/mol. The van der Waals surface area contributed by atoms with Crippen LogP contribution in [0.2, 0.25) is 0 Å². The molecule has 2 aromatic rings. The van der Waals surface area contributed by atoms with Crippen molar-refractivity contribution < 1.29 is 4.79 Å². The fourth-order valence-electron chi connectivity index (χ4n) is 2.05. The predicted molar refractivity (Wildman–Crippen MR) is 68.1 cm³/mol. The fourth-order valence-corrected chi connectivity index (χ4v) is 2.05. The molecule has 2 aromatic carbocycles. The Kier molecular flexibility index (Phi) is 3.04. The third-order valence-electron chi connectivity index (χ3n) is 3.08. The van der Waals surface area contributed by atoms with Crippen LogP contribution >= 0.6 is 0 Å². The Bertz CT molecular complexity index is 526. The number of carbonyl (C=O) groups is 1. The van der Waals surface area contributed by atoms with Crippen LogP contribution in [0.15, 0.2) is 30.3 Å². The zero-order chi connectivity index (χ0) is 11.5. The zero-order valence-electron chi connectivity index (χ0n) is 9.79. The monoisotopic (exact) mass is 212 g/mol. The molecule has 0 bridgehead atoms. The third-order valence-corrected chi connectivity index (χ3v) is 3.08. The molecule has 0 radical (unpaired) electrons. The molecule has 1 nitrogen and oxygen atoms in total. The summed E-state index contributed by atoms with van der Waals surface area (Å²) in [6.45, 7) is 4.22. The largest absolute Gasteiger partial charge is 0.298 e. The van der Waals surface area contributed by atoms with Crippen molar-refractivity contribution in [2.75, 3.05) is 0 Å². The Morgan fingerprint density at radius 2 is 1.81 bits per heavy atom. The topological polar surface area (TPSA) is 17.1 Å². The van der Waals surface area contributed by atoms with Gasteiger partial charge in [-0.3, -0.25) is 4.79 Å².